The molecule has 8 heteroatoms. The lowest BCUT2D eigenvalue weighted by atomic mass is 10.1. The van der Waals surface area contributed by atoms with Crippen LogP contribution in [0, 0.1) is 6.92 Å². The first kappa shape index (κ1) is 23.7. The summed E-state index contributed by atoms with van der Waals surface area (Å²) in [5.41, 5.74) is -0.189. The molecule has 0 radical (unpaired) electrons. The van der Waals surface area contributed by atoms with E-state index in [1.54, 1.807) is 12.1 Å². The molecule has 0 saturated heterocycles. The lowest BCUT2D eigenvalue weighted by molar-refractivity contribution is -0.154. The monoisotopic (exact) mass is 449 g/mol. The van der Waals surface area contributed by atoms with Gasteiger partial charge >= 0.3 is 6.18 Å². The molecule has 1 aromatic heterocycles. The standard InChI is InChI=1S/C24H26F3NO4/c1-4-12-28(13-5-2)14-18-19(29)11-10-17-20(30)22(23(24(25,26)27)32-21(17)18)31-16-8-6-15(3)7-9-16/h6-11,29H,4-5,12-14H2,1-3H3. The van der Waals surface area contributed by atoms with Gasteiger partial charge in [0.2, 0.25) is 11.2 Å². The normalized spacial score (nSPS) is 12.0. The van der Waals surface area contributed by atoms with E-state index in [9.17, 15) is 23.1 Å². The predicted octanol–water partition coefficient (Wildman–Crippen LogP) is 6.24. The first-order chi connectivity index (χ1) is 15.2. The molecule has 1 N–H and O–H groups in total. The molecule has 0 saturated carbocycles. The number of nitrogens with zero attached hydrogens (tertiary/aromatic N) is 1. The number of rotatable bonds is 8. The maximum absolute atomic E-state index is 13.9. The van der Waals surface area contributed by atoms with E-state index in [0.29, 0.717) is 13.1 Å². The van der Waals surface area contributed by atoms with Crippen LogP contribution in [0.15, 0.2) is 45.6 Å². The van der Waals surface area contributed by atoms with Crippen LogP contribution in [0.3, 0.4) is 0 Å². The molecule has 0 aliphatic rings. The van der Waals surface area contributed by atoms with E-state index in [-0.39, 0.29) is 34.6 Å². The van der Waals surface area contributed by atoms with E-state index >= 15 is 0 Å². The molecule has 0 bridgehead atoms. The number of alkyl halides is 3. The third kappa shape index (κ3) is 5.07. The Morgan fingerprint density at radius 1 is 1.03 bits per heavy atom. The highest BCUT2D eigenvalue weighted by Crippen LogP contribution is 2.40. The predicted molar refractivity (Wildman–Crippen MR) is 116 cm³/mol. The summed E-state index contributed by atoms with van der Waals surface area (Å²) in [4.78, 5) is 15.1. The fourth-order valence-corrected chi connectivity index (χ4v) is 3.57. The fourth-order valence-electron chi connectivity index (χ4n) is 3.57. The molecule has 32 heavy (non-hydrogen) atoms. The lowest BCUT2D eigenvalue weighted by Crippen LogP contribution is -2.25. The summed E-state index contributed by atoms with van der Waals surface area (Å²) in [6, 6.07) is 8.85. The summed E-state index contributed by atoms with van der Waals surface area (Å²) < 4.78 is 52.2. The number of hydrogen-bond donors (Lipinski definition) is 1. The summed E-state index contributed by atoms with van der Waals surface area (Å²) in [5, 5.41) is 10.3. The van der Waals surface area contributed by atoms with E-state index in [4.69, 9.17) is 9.15 Å². The third-order valence-electron chi connectivity index (χ3n) is 5.06. The van der Waals surface area contributed by atoms with Crippen LogP contribution >= 0.6 is 0 Å². The van der Waals surface area contributed by atoms with Crippen LogP contribution in [0.2, 0.25) is 0 Å². The molecule has 0 aliphatic carbocycles. The summed E-state index contributed by atoms with van der Waals surface area (Å²) in [5.74, 6) is -2.59. The molecule has 0 aliphatic heterocycles. The van der Waals surface area contributed by atoms with Crippen LogP contribution in [-0.4, -0.2) is 23.1 Å². The minimum Gasteiger partial charge on any atom is -0.507 e. The van der Waals surface area contributed by atoms with Gasteiger partial charge in [0.25, 0.3) is 5.76 Å². The van der Waals surface area contributed by atoms with Crippen molar-refractivity contribution in [2.75, 3.05) is 13.1 Å². The molecule has 0 fully saturated rings. The van der Waals surface area contributed by atoms with Crippen molar-refractivity contribution in [2.24, 2.45) is 0 Å². The summed E-state index contributed by atoms with van der Waals surface area (Å²) >= 11 is 0. The van der Waals surface area contributed by atoms with Crippen LogP contribution in [0.5, 0.6) is 17.2 Å². The van der Waals surface area contributed by atoms with Gasteiger partial charge in [0.05, 0.1) is 10.9 Å². The van der Waals surface area contributed by atoms with Crippen molar-refractivity contribution in [1.82, 2.24) is 4.90 Å². The molecule has 3 rings (SSSR count). The zero-order valence-electron chi connectivity index (χ0n) is 18.3. The first-order valence-corrected chi connectivity index (χ1v) is 10.5. The number of aryl methyl sites for hydroxylation is 1. The number of fused-ring (bicyclic) bond motifs is 1. The van der Waals surface area contributed by atoms with Gasteiger partial charge < -0.3 is 14.3 Å². The molecule has 0 atom stereocenters. The number of benzene rings is 2. The van der Waals surface area contributed by atoms with Crippen molar-refractivity contribution in [3.05, 3.63) is 63.5 Å². The maximum Gasteiger partial charge on any atom is 0.453 e. The molecule has 2 aromatic carbocycles. The average Bonchev–Trinajstić information content (AvgIpc) is 2.73. The Labute approximate surface area is 184 Å². The van der Waals surface area contributed by atoms with Crippen LogP contribution in [0.25, 0.3) is 11.0 Å². The van der Waals surface area contributed by atoms with Crippen LogP contribution in [0.4, 0.5) is 13.2 Å². The SMILES string of the molecule is CCCN(CCC)Cc1c(O)ccc2c(=O)c(Oc3ccc(C)cc3)c(C(F)(F)F)oc12. The molecule has 0 amide bonds. The van der Waals surface area contributed by atoms with E-state index in [1.165, 1.54) is 24.3 Å². The number of halogens is 3. The van der Waals surface area contributed by atoms with Crippen molar-refractivity contribution in [3.8, 4) is 17.2 Å². The van der Waals surface area contributed by atoms with Gasteiger partial charge in [-0.15, -0.1) is 0 Å². The summed E-state index contributed by atoms with van der Waals surface area (Å²) in [7, 11) is 0. The molecule has 172 valence electrons. The van der Waals surface area contributed by atoms with Gasteiger partial charge in [-0.3, -0.25) is 9.69 Å². The molecule has 3 aromatic rings. The zero-order chi connectivity index (χ0) is 23.5. The second kappa shape index (κ2) is 9.65. The Balaban J connectivity index is 2.20. The highest BCUT2D eigenvalue weighted by Gasteiger charge is 2.41. The van der Waals surface area contributed by atoms with Crippen molar-refractivity contribution in [2.45, 2.75) is 46.3 Å². The van der Waals surface area contributed by atoms with Gasteiger partial charge in [0.15, 0.2) is 0 Å². The van der Waals surface area contributed by atoms with Crippen LogP contribution < -0.4 is 10.2 Å². The second-order valence-electron chi connectivity index (χ2n) is 7.72. The number of aromatic hydroxyl groups is 1. The molecule has 5 nitrogen and oxygen atoms in total. The maximum atomic E-state index is 13.9. The Hall–Kier alpha value is -3.00. The Morgan fingerprint density at radius 3 is 2.22 bits per heavy atom. The molecular formula is C24H26F3NO4. The second-order valence-corrected chi connectivity index (χ2v) is 7.72. The van der Waals surface area contributed by atoms with Gasteiger partial charge in [0, 0.05) is 6.54 Å². The first-order valence-electron chi connectivity index (χ1n) is 10.5. The van der Waals surface area contributed by atoms with Crippen LogP contribution in [-0.2, 0) is 12.7 Å². The highest BCUT2D eigenvalue weighted by atomic mass is 19.4. The molecule has 0 spiro atoms. The Bertz CT molecular complexity index is 1130. The number of ether oxygens (including phenoxy) is 1. The molecule has 0 unspecified atom stereocenters. The number of phenolic OH excluding ortho intramolecular Hbond substituents is 1. The van der Waals surface area contributed by atoms with E-state index in [1.807, 2.05) is 25.7 Å². The van der Waals surface area contributed by atoms with E-state index in [2.05, 4.69) is 0 Å². The Kier molecular flexibility index (Phi) is 7.13. The Morgan fingerprint density at radius 2 is 1.66 bits per heavy atom. The summed E-state index contributed by atoms with van der Waals surface area (Å²) in [6.45, 7) is 7.33. The van der Waals surface area contributed by atoms with E-state index < -0.39 is 23.1 Å². The van der Waals surface area contributed by atoms with E-state index in [0.717, 1.165) is 18.4 Å². The van der Waals surface area contributed by atoms with Gasteiger partial charge in [0.1, 0.15) is 17.1 Å². The largest absolute Gasteiger partial charge is 0.507 e. The van der Waals surface area contributed by atoms with Crippen molar-refractivity contribution in [3.63, 3.8) is 0 Å². The third-order valence-corrected chi connectivity index (χ3v) is 5.06. The highest BCUT2D eigenvalue weighted by molar-refractivity contribution is 5.83. The van der Waals surface area contributed by atoms with Gasteiger partial charge in [-0.2, -0.15) is 13.2 Å². The zero-order valence-corrected chi connectivity index (χ0v) is 18.3. The topological polar surface area (TPSA) is 62.9 Å². The lowest BCUT2D eigenvalue weighted by Gasteiger charge is -2.22. The van der Waals surface area contributed by atoms with Gasteiger partial charge in [-0.05, 0) is 57.1 Å². The van der Waals surface area contributed by atoms with Crippen molar-refractivity contribution >= 4 is 11.0 Å². The molecular weight excluding hydrogens is 423 g/mol. The van der Waals surface area contributed by atoms with Crippen LogP contribution in [0.1, 0.15) is 43.6 Å². The van der Waals surface area contributed by atoms with Gasteiger partial charge in [-0.25, -0.2) is 0 Å². The smallest absolute Gasteiger partial charge is 0.453 e. The van der Waals surface area contributed by atoms with Crippen molar-refractivity contribution in [1.29, 1.82) is 0 Å². The van der Waals surface area contributed by atoms with Crippen molar-refractivity contribution < 1.29 is 27.4 Å². The number of phenols is 1. The summed E-state index contributed by atoms with van der Waals surface area (Å²) in [6.07, 6.45) is -3.31. The minimum absolute atomic E-state index is 0.0825. The quantitative estimate of drug-likeness (QED) is 0.441. The van der Waals surface area contributed by atoms with Gasteiger partial charge in [-0.1, -0.05) is 31.5 Å². The number of hydrogen-bond acceptors (Lipinski definition) is 5. The minimum atomic E-state index is -4.97. The fraction of sp³-hybridized carbons (Fsp3) is 0.375. The average molecular weight is 449 g/mol. The molecule has 1 heterocycles.